The van der Waals surface area contributed by atoms with E-state index in [1.165, 1.54) is 0 Å². The van der Waals surface area contributed by atoms with Crippen LogP contribution in [0.2, 0.25) is 0 Å². The summed E-state index contributed by atoms with van der Waals surface area (Å²) in [6.07, 6.45) is 8.03. The van der Waals surface area contributed by atoms with Crippen LogP contribution >= 0.6 is 0 Å². The number of benzene rings is 1. The van der Waals surface area contributed by atoms with Crippen molar-refractivity contribution in [2.24, 2.45) is 0 Å². The molecule has 5 nitrogen and oxygen atoms in total. The molecule has 2 aromatic heterocycles. The predicted molar refractivity (Wildman–Crippen MR) is 98.5 cm³/mol. The SMILES string of the molecule is Cc1cccc(C)c1N(CCc1cccnc1)C(=O)Cc1ncc[nH]1. The lowest BCUT2D eigenvalue weighted by atomic mass is 10.1. The van der Waals surface area contributed by atoms with Gasteiger partial charge in [-0.1, -0.05) is 24.3 Å². The lowest BCUT2D eigenvalue weighted by Crippen LogP contribution is -2.35. The van der Waals surface area contributed by atoms with Crippen molar-refractivity contribution in [3.05, 3.63) is 77.6 Å². The van der Waals surface area contributed by atoms with Gasteiger partial charge in [-0.2, -0.15) is 0 Å². The molecule has 0 radical (unpaired) electrons. The van der Waals surface area contributed by atoms with Crippen LogP contribution in [-0.4, -0.2) is 27.4 Å². The molecule has 25 heavy (non-hydrogen) atoms. The molecule has 0 atom stereocenters. The molecule has 0 fully saturated rings. The lowest BCUT2D eigenvalue weighted by molar-refractivity contribution is -0.118. The summed E-state index contributed by atoms with van der Waals surface area (Å²) in [7, 11) is 0. The Morgan fingerprint density at radius 2 is 1.92 bits per heavy atom. The Hall–Kier alpha value is -2.95. The van der Waals surface area contributed by atoms with Crippen LogP contribution in [0.15, 0.2) is 55.1 Å². The molecule has 1 aromatic carbocycles. The number of para-hydroxylation sites is 1. The van der Waals surface area contributed by atoms with Crippen molar-refractivity contribution in [2.75, 3.05) is 11.4 Å². The fraction of sp³-hybridized carbons (Fsp3) is 0.250. The molecule has 2 heterocycles. The third-order valence-electron chi connectivity index (χ3n) is 4.23. The summed E-state index contributed by atoms with van der Waals surface area (Å²) >= 11 is 0. The molecule has 0 aliphatic heterocycles. The highest BCUT2D eigenvalue weighted by molar-refractivity contribution is 5.95. The number of carbonyl (C=O) groups is 1. The highest BCUT2D eigenvalue weighted by atomic mass is 16.2. The van der Waals surface area contributed by atoms with Crippen molar-refractivity contribution < 1.29 is 4.79 Å². The van der Waals surface area contributed by atoms with Crippen molar-refractivity contribution in [2.45, 2.75) is 26.7 Å². The first-order valence-corrected chi connectivity index (χ1v) is 8.39. The van der Waals surface area contributed by atoms with Crippen molar-refractivity contribution in [3.8, 4) is 0 Å². The summed E-state index contributed by atoms with van der Waals surface area (Å²) in [6.45, 7) is 4.69. The van der Waals surface area contributed by atoms with E-state index in [0.717, 1.165) is 28.8 Å². The van der Waals surface area contributed by atoms with Crippen LogP contribution in [0.3, 0.4) is 0 Å². The summed E-state index contributed by atoms with van der Waals surface area (Å²) in [4.78, 5) is 26.2. The smallest absolute Gasteiger partial charge is 0.234 e. The highest BCUT2D eigenvalue weighted by Crippen LogP contribution is 2.25. The number of hydrogen-bond donors (Lipinski definition) is 1. The number of imidazole rings is 1. The first-order valence-electron chi connectivity index (χ1n) is 8.39. The van der Waals surface area contributed by atoms with Gasteiger partial charge in [0.1, 0.15) is 5.82 Å². The molecular formula is C20H22N4O. The third-order valence-corrected chi connectivity index (χ3v) is 4.23. The Balaban J connectivity index is 1.86. The van der Waals surface area contributed by atoms with Crippen LogP contribution in [0.4, 0.5) is 5.69 Å². The summed E-state index contributed by atoms with van der Waals surface area (Å²) in [5.41, 5.74) is 4.30. The molecule has 128 valence electrons. The standard InChI is InChI=1S/C20H22N4O/c1-15-5-3-6-16(2)20(15)24(12-8-17-7-4-9-21-14-17)19(25)13-18-22-10-11-23-18/h3-7,9-11,14H,8,12-13H2,1-2H3,(H,22,23). The van der Waals surface area contributed by atoms with Gasteiger partial charge in [0.15, 0.2) is 0 Å². The van der Waals surface area contributed by atoms with E-state index in [1.807, 2.05) is 55.3 Å². The molecule has 5 heteroatoms. The Morgan fingerprint density at radius 1 is 1.12 bits per heavy atom. The largest absolute Gasteiger partial charge is 0.348 e. The van der Waals surface area contributed by atoms with Gasteiger partial charge in [0.2, 0.25) is 5.91 Å². The van der Waals surface area contributed by atoms with Crippen molar-refractivity contribution in [1.82, 2.24) is 15.0 Å². The number of carbonyl (C=O) groups excluding carboxylic acids is 1. The zero-order valence-corrected chi connectivity index (χ0v) is 14.6. The zero-order chi connectivity index (χ0) is 17.6. The molecule has 0 unspecified atom stereocenters. The fourth-order valence-electron chi connectivity index (χ4n) is 3.01. The summed E-state index contributed by atoms with van der Waals surface area (Å²) in [6, 6.07) is 10.1. The fourth-order valence-corrected chi connectivity index (χ4v) is 3.01. The van der Waals surface area contributed by atoms with Gasteiger partial charge in [0, 0.05) is 37.0 Å². The number of pyridine rings is 1. The number of H-pyrrole nitrogens is 1. The first kappa shape index (κ1) is 16.9. The van der Waals surface area contributed by atoms with Crippen LogP contribution in [0.1, 0.15) is 22.5 Å². The molecule has 0 aliphatic rings. The molecule has 0 aliphatic carbocycles. The van der Waals surface area contributed by atoms with Gasteiger partial charge in [-0.25, -0.2) is 4.98 Å². The monoisotopic (exact) mass is 334 g/mol. The maximum Gasteiger partial charge on any atom is 0.234 e. The Labute approximate surface area is 147 Å². The van der Waals surface area contributed by atoms with Crippen molar-refractivity contribution in [1.29, 1.82) is 0 Å². The van der Waals surface area contributed by atoms with Crippen LogP contribution in [-0.2, 0) is 17.6 Å². The zero-order valence-electron chi connectivity index (χ0n) is 14.6. The number of aromatic amines is 1. The second-order valence-electron chi connectivity index (χ2n) is 6.11. The third kappa shape index (κ3) is 4.12. The van der Waals surface area contributed by atoms with Crippen molar-refractivity contribution in [3.63, 3.8) is 0 Å². The number of anilines is 1. The second kappa shape index (κ2) is 7.75. The van der Waals surface area contributed by atoms with Gasteiger partial charge < -0.3 is 9.88 Å². The average Bonchev–Trinajstić information content (AvgIpc) is 3.11. The number of aromatic nitrogens is 3. The average molecular weight is 334 g/mol. The van der Waals surface area contributed by atoms with Crippen LogP contribution in [0.5, 0.6) is 0 Å². The van der Waals surface area contributed by atoms with Gasteiger partial charge in [-0.15, -0.1) is 0 Å². The number of aryl methyl sites for hydroxylation is 2. The van der Waals surface area contributed by atoms with E-state index in [2.05, 4.69) is 15.0 Å². The normalized spacial score (nSPS) is 10.6. The number of rotatable bonds is 6. The number of hydrogen-bond acceptors (Lipinski definition) is 3. The molecule has 3 rings (SSSR count). The summed E-state index contributed by atoms with van der Waals surface area (Å²) in [5, 5.41) is 0. The minimum Gasteiger partial charge on any atom is -0.348 e. The maximum absolute atomic E-state index is 13.0. The Morgan fingerprint density at radius 3 is 2.56 bits per heavy atom. The molecular weight excluding hydrogens is 312 g/mol. The Bertz CT molecular complexity index is 808. The quantitative estimate of drug-likeness (QED) is 0.753. The first-order chi connectivity index (χ1) is 12.1. The van der Waals surface area contributed by atoms with Gasteiger partial charge in [0.25, 0.3) is 0 Å². The van der Waals surface area contributed by atoms with E-state index in [9.17, 15) is 4.79 Å². The molecule has 3 aromatic rings. The number of nitrogens with zero attached hydrogens (tertiary/aromatic N) is 3. The molecule has 0 spiro atoms. The van der Waals surface area contributed by atoms with Gasteiger partial charge in [-0.3, -0.25) is 9.78 Å². The molecule has 0 bridgehead atoms. The van der Waals surface area contributed by atoms with Gasteiger partial charge in [0.05, 0.1) is 6.42 Å². The second-order valence-corrected chi connectivity index (χ2v) is 6.11. The van der Waals surface area contributed by atoms with E-state index in [0.29, 0.717) is 12.4 Å². The van der Waals surface area contributed by atoms with Gasteiger partial charge in [-0.05, 0) is 43.0 Å². The van der Waals surface area contributed by atoms with Gasteiger partial charge >= 0.3 is 0 Å². The minimum atomic E-state index is 0.0382. The van der Waals surface area contributed by atoms with Crippen molar-refractivity contribution >= 4 is 11.6 Å². The molecule has 1 amide bonds. The van der Waals surface area contributed by atoms with Crippen LogP contribution in [0, 0.1) is 13.8 Å². The predicted octanol–water partition coefficient (Wildman–Crippen LogP) is 3.24. The topological polar surface area (TPSA) is 61.9 Å². The van der Waals surface area contributed by atoms with E-state index in [1.54, 1.807) is 18.6 Å². The maximum atomic E-state index is 13.0. The highest BCUT2D eigenvalue weighted by Gasteiger charge is 2.20. The summed E-state index contributed by atoms with van der Waals surface area (Å²) < 4.78 is 0. The number of amides is 1. The van der Waals surface area contributed by atoms with E-state index in [4.69, 9.17) is 0 Å². The summed E-state index contributed by atoms with van der Waals surface area (Å²) in [5.74, 6) is 0.721. The van der Waals surface area contributed by atoms with Crippen LogP contribution < -0.4 is 4.90 Å². The Kier molecular flexibility index (Phi) is 5.23. The molecule has 0 saturated carbocycles. The van der Waals surface area contributed by atoms with E-state index >= 15 is 0 Å². The lowest BCUT2D eigenvalue weighted by Gasteiger charge is -2.26. The molecule has 1 N–H and O–H groups in total. The minimum absolute atomic E-state index is 0.0382. The van der Waals surface area contributed by atoms with Crippen LogP contribution in [0.25, 0.3) is 0 Å². The van der Waals surface area contributed by atoms with E-state index < -0.39 is 0 Å². The number of nitrogens with one attached hydrogen (secondary N) is 1. The van der Waals surface area contributed by atoms with E-state index in [-0.39, 0.29) is 12.3 Å². The molecule has 0 saturated heterocycles.